The third-order valence-electron chi connectivity index (χ3n) is 4.10. The van der Waals surface area contributed by atoms with Crippen LogP contribution in [0.3, 0.4) is 0 Å². The van der Waals surface area contributed by atoms with Crippen molar-refractivity contribution in [2.24, 2.45) is 0 Å². The highest BCUT2D eigenvalue weighted by Crippen LogP contribution is 2.29. The Hall–Kier alpha value is -3.14. The van der Waals surface area contributed by atoms with Gasteiger partial charge in [-0.05, 0) is 6.07 Å². The molecule has 0 radical (unpaired) electrons. The molecule has 0 bridgehead atoms. The van der Waals surface area contributed by atoms with Gasteiger partial charge < -0.3 is 15.4 Å². The number of hydrogen-bond acceptors (Lipinski definition) is 5. The van der Waals surface area contributed by atoms with Crippen LogP contribution in [-0.4, -0.2) is 41.9 Å². The fourth-order valence-corrected chi connectivity index (χ4v) is 2.82. The van der Waals surface area contributed by atoms with E-state index in [0.717, 1.165) is 6.92 Å². The summed E-state index contributed by atoms with van der Waals surface area (Å²) in [7, 11) is 0. The van der Waals surface area contributed by atoms with Crippen LogP contribution < -0.4 is 5.32 Å². The number of rotatable bonds is 5. The predicted octanol–water partition coefficient (Wildman–Crippen LogP) is 2.97. The number of aromatic amines is 1. The SMILES string of the molecule is CC(F)(F)CNc1ncc2c(-c3cc(F)c4ncc(CO)n4c3)c[nH]c2n1. The molecule has 0 saturated heterocycles. The van der Waals surface area contributed by atoms with Gasteiger partial charge in [0.05, 0.1) is 25.0 Å². The summed E-state index contributed by atoms with van der Waals surface area (Å²) in [5.74, 6) is -3.36. The molecule has 4 aromatic rings. The molecular weight excluding hydrogens is 361 g/mol. The molecule has 0 aliphatic heterocycles. The molecular formula is C17H15F3N6O. The normalized spacial score (nSPS) is 12.2. The van der Waals surface area contributed by atoms with Crippen LogP contribution in [0.25, 0.3) is 27.8 Å². The van der Waals surface area contributed by atoms with Gasteiger partial charge in [0.15, 0.2) is 11.5 Å². The standard InChI is InChI=1S/C17H15F3N6O/c1-17(19,20)8-24-16-23-5-12-11(4-21-14(12)25-16)9-2-13(18)15-22-3-10(7-27)26(15)6-9/h2-6,27H,7-8H2,1H3,(H2,21,23,24,25). The molecule has 0 unspecified atom stereocenters. The van der Waals surface area contributed by atoms with E-state index >= 15 is 0 Å². The van der Waals surface area contributed by atoms with Crippen LogP contribution >= 0.6 is 0 Å². The van der Waals surface area contributed by atoms with Crippen molar-refractivity contribution in [1.82, 2.24) is 24.3 Å². The lowest BCUT2D eigenvalue weighted by atomic mass is 10.1. The highest BCUT2D eigenvalue weighted by Gasteiger charge is 2.21. The minimum Gasteiger partial charge on any atom is -0.390 e. The molecule has 0 fully saturated rings. The zero-order chi connectivity index (χ0) is 19.2. The van der Waals surface area contributed by atoms with Crippen molar-refractivity contribution in [3.63, 3.8) is 0 Å². The topological polar surface area (TPSA) is 91.1 Å². The Morgan fingerprint density at radius 2 is 2.11 bits per heavy atom. The van der Waals surface area contributed by atoms with Gasteiger partial charge in [-0.3, -0.25) is 4.40 Å². The second-order valence-corrected chi connectivity index (χ2v) is 6.26. The Bertz CT molecular complexity index is 1130. The maximum absolute atomic E-state index is 14.4. The molecule has 10 heteroatoms. The van der Waals surface area contributed by atoms with Crippen molar-refractivity contribution in [3.05, 3.63) is 42.4 Å². The molecule has 0 saturated carbocycles. The van der Waals surface area contributed by atoms with Gasteiger partial charge >= 0.3 is 0 Å². The predicted molar refractivity (Wildman–Crippen MR) is 93.1 cm³/mol. The van der Waals surface area contributed by atoms with Gasteiger partial charge in [-0.2, -0.15) is 4.98 Å². The Morgan fingerprint density at radius 1 is 1.30 bits per heavy atom. The number of nitrogens with one attached hydrogen (secondary N) is 2. The minimum absolute atomic E-state index is 0.0660. The molecule has 4 rings (SSSR count). The van der Waals surface area contributed by atoms with Gasteiger partial charge in [-0.1, -0.05) is 0 Å². The lowest BCUT2D eigenvalue weighted by Gasteiger charge is -2.11. The summed E-state index contributed by atoms with van der Waals surface area (Å²) in [6, 6.07) is 1.33. The van der Waals surface area contributed by atoms with E-state index in [1.54, 1.807) is 12.4 Å². The van der Waals surface area contributed by atoms with Crippen LogP contribution in [0.1, 0.15) is 12.6 Å². The van der Waals surface area contributed by atoms with Crippen molar-refractivity contribution in [2.75, 3.05) is 11.9 Å². The van der Waals surface area contributed by atoms with Crippen molar-refractivity contribution in [2.45, 2.75) is 19.5 Å². The summed E-state index contributed by atoms with van der Waals surface area (Å²) >= 11 is 0. The van der Waals surface area contributed by atoms with E-state index in [4.69, 9.17) is 0 Å². The molecule has 0 amide bonds. The van der Waals surface area contributed by atoms with Gasteiger partial charge in [0.2, 0.25) is 5.95 Å². The number of aliphatic hydroxyl groups is 1. The van der Waals surface area contributed by atoms with Crippen molar-refractivity contribution in [3.8, 4) is 11.1 Å². The van der Waals surface area contributed by atoms with Gasteiger partial charge in [0.1, 0.15) is 5.65 Å². The first kappa shape index (κ1) is 17.3. The molecule has 0 aromatic carbocycles. The number of hydrogen-bond donors (Lipinski definition) is 3. The van der Waals surface area contributed by atoms with Crippen molar-refractivity contribution in [1.29, 1.82) is 0 Å². The average Bonchev–Trinajstić information content (AvgIpc) is 3.22. The lowest BCUT2D eigenvalue weighted by molar-refractivity contribution is 0.0366. The third kappa shape index (κ3) is 3.19. The van der Waals surface area contributed by atoms with Gasteiger partial charge in [-0.15, -0.1) is 0 Å². The number of aromatic nitrogens is 5. The second-order valence-electron chi connectivity index (χ2n) is 6.26. The highest BCUT2D eigenvalue weighted by atomic mass is 19.3. The van der Waals surface area contributed by atoms with E-state index < -0.39 is 18.3 Å². The summed E-state index contributed by atoms with van der Waals surface area (Å²) < 4.78 is 41.8. The van der Waals surface area contributed by atoms with Crippen LogP contribution in [0.4, 0.5) is 19.1 Å². The van der Waals surface area contributed by atoms with Gasteiger partial charge in [0, 0.05) is 42.0 Å². The van der Waals surface area contributed by atoms with E-state index in [1.165, 1.54) is 22.9 Å². The van der Waals surface area contributed by atoms with Crippen molar-refractivity contribution < 1.29 is 18.3 Å². The number of halogens is 3. The largest absolute Gasteiger partial charge is 0.390 e. The third-order valence-corrected chi connectivity index (χ3v) is 4.10. The Labute approximate surface area is 150 Å². The monoisotopic (exact) mass is 376 g/mol. The second kappa shape index (κ2) is 6.23. The molecule has 0 aliphatic rings. The molecule has 140 valence electrons. The summed E-state index contributed by atoms with van der Waals surface area (Å²) in [5.41, 5.74) is 2.16. The first-order valence-electron chi connectivity index (χ1n) is 8.08. The van der Waals surface area contributed by atoms with E-state index in [2.05, 4.69) is 25.3 Å². The Kier molecular flexibility index (Phi) is 3.99. The summed E-state index contributed by atoms with van der Waals surface area (Å²) in [6.07, 6.45) is 6.17. The smallest absolute Gasteiger partial charge is 0.262 e. The number of H-pyrrole nitrogens is 1. The number of aliphatic hydroxyl groups excluding tert-OH is 1. The molecule has 0 aliphatic carbocycles. The Balaban J connectivity index is 1.75. The van der Waals surface area contributed by atoms with E-state index in [-0.39, 0.29) is 18.2 Å². The Morgan fingerprint density at radius 3 is 2.85 bits per heavy atom. The fourth-order valence-electron chi connectivity index (χ4n) is 2.82. The number of pyridine rings is 1. The number of nitrogens with zero attached hydrogens (tertiary/aromatic N) is 4. The van der Waals surface area contributed by atoms with Crippen LogP contribution in [0.2, 0.25) is 0 Å². The summed E-state index contributed by atoms with van der Waals surface area (Å²) in [5, 5.41) is 12.5. The summed E-state index contributed by atoms with van der Waals surface area (Å²) in [4.78, 5) is 15.1. The van der Waals surface area contributed by atoms with Crippen LogP contribution in [0.5, 0.6) is 0 Å². The van der Waals surface area contributed by atoms with Crippen LogP contribution in [0, 0.1) is 5.82 Å². The van der Waals surface area contributed by atoms with Gasteiger partial charge in [-0.25, -0.2) is 23.1 Å². The van der Waals surface area contributed by atoms with Crippen LogP contribution in [-0.2, 0) is 6.61 Å². The lowest BCUT2D eigenvalue weighted by Crippen LogP contribution is -2.23. The molecule has 4 aromatic heterocycles. The first-order valence-corrected chi connectivity index (χ1v) is 8.08. The molecule has 3 N–H and O–H groups in total. The van der Waals surface area contributed by atoms with Crippen LogP contribution in [0.15, 0.2) is 30.9 Å². The fraction of sp³-hybridized carbons (Fsp3) is 0.235. The summed E-state index contributed by atoms with van der Waals surface area (Å²) in [6.45, 7) is -0.0661. The van der Waals surface area contributed by atoms with E-state index in [1.807, 2.05) is 0 Å². The van der Waals surface area contributed by atoms with Crippen molar-refractivity contribution >= 4 is 22.6 Å². The molecule has 0 atom stereocenters. The highest BCUT2D eigenvalue weighted by molar-refractivity contribution is 5.93. The molecule has 4 heterocycles. The zero-order valence-electron chi connectivity index (χ0n) is 14.2. The molecule has 0 spiro atoms. The number of imidazole rings is 1. The number of alkyl halides is 2. The van der Waals surface area contributed by atoms with Gasteiger partial charge in [0.25, 0.3) is 5.92 Å². The molecule has 27 heavy (non-hydrogen) atoms. The van der Waals surface area contributed by atoms with E-state index in [9.17, 15) is 18.3 Å². The quantitative estimate of drug-likeness (QED) is 0.498. The minimum atomic E-state index is -2.89. The number of anilines is 1. The average molecular weight is 376 g/mol. The maximum Gasteiger partial charge on any atom is 0.262 e. The molecule has 7 nitrogen and oxygen atoms in total. The number of fused-ring (bicyclic) bond motifs is 2. The van der Waals surface area contributed by atoms with E-state index in [0.29, 0.717) is 27.9 Å². The first-order chi connectivity index (χ1) is 12.9. The zero-order valence-corrected chi connectivity index (χ0v) is 14.2. The maximum atomic E-state index is 14.4.